The summed E-state index contributed by atoms with van der Waals surface area (Å²) in [7, 11) is 0. The maximum absolute atomic E-state index is 6.08. The average molecular weight is 502 g/mol. The molecule has 0 spiro atoms. The molecule has 0 atom stereocenters. The first-order chi connectivity index (χ1) is 18.3. The zero-order chi connectivity index (χ0) is 24.9. The van der Waals surface area contributed by atoms with Gasteiger partial charge in [0.25, 0.3) is 0 Å². The zero-order valence-corrected chi connectivity index (χ0v) is 20.8. The van der Waals surface area contributed by atoms with E-state index in [9.17, 15) is 0 Å². The van der Waals surface area contributed by atoms with E-state index in [1.54, 1.807) is 12.4 Å². The highest BCUT2D eigenvalue weighted by Gasteiger charge is 2.23. The van der Waals surface area contributed by atoms with Crippen LogP contribution in [0.25, 0.3) is 11.4 Å². The molecule has 6 heterocycles. The van der Waals surface area contributed by atoms with Gasteiger partial charge in [-0.05, 0) is 24.3 Å². The molecule has 3 aliphatic rings. The number of pyridine rings is 3. The Kier molecular flexibility index (Phi) is 7.20. The lowest BCUT2D eigenvalue weighted by Gasteiger charge is -2.30. The number of aliphatic imine (C=N–C) groups is 1. The van der Waals surface area contributed by atoms with Crippen LogP contribution in [0.3, 0.4) is 0 Å². The molecule has 6 rings (SSSR count). The van der Waals surface area contributed by atoms with Crippen molar-refractivity contribution in [3.8, 4) is 17.1 Å². The Morgan fingerprint density at radius 3 is 2.49 bits per heavy atom. The summed E-state index contributed by atoms with van der Waals surface area (Å²) in [5.74, 6) is 1.74. The summed E-state index contributed by atoms with van der Waals surface area (Å²) in [6, 6.07) is 10.00. The molecule has 0 aliphatic carbocycles. The van der Waals surface area contributed by atoms with Gasteiger partial charge in [-0.3, -0.25) is 19.9 Å². The molecule has 2 fully saturated rings. The Morgan fingerprint density at radius 1 is 0.865 bits per heavy atom. The fourth-order valence-corrected chi connectivity index (χ4v) is 4.81. The van der Waals surface area contributed by atoms with Gasteiger partial charge in [-0.1, -0.05) is 0 Å². The maximum atomic E-state index is 6.08. The van der Waals surface area contributed by atoms with Crippen LogP contribution in [-0.4, -0.2) is 98.5 Å². The van der Waals surface area contributed by atoms with Crippen molar-refractivity contribution in [3.63, 3.8) is 0 Å². The van der Waals surface area contributed by atoms with Gasteiger partial charge >= 0.3 is 0 Å². The molecule has 3 aliphatic heterocycles. The summed E-state index contributed by atoms with van der Waals surface area (Å²) in [4.78, 5) is 25.5. The smallest absolute Gasteiger partial charge is 0.128 e. The number of fused-ring (bicyclic) bond motifs is 1. The highest BCUT2D eigenvalue weighted by Crippen LogP contribution is 2.37. The highest BCUT2D eigenvalue weighted by atomic mass is 16.5. The van der Waals surface area contributed by atoms with E-state index in [1.807, 2.05) is 30.6 Å². The number of aromatic nitrogens is 3. The molecule has 0 amide bonds. The van der Waals surface area contributed by atoms with Gasteiger partial charge in [0.05, 0.1) is 49.7 Å². The fraction of sp³-hybridized carbons (Fsp3) is 0.407. The normalized spacial score (nSPS) is 18.1. The Balaban J connectivity index is 1.23. The molecule has 192 valence electrons. The molecule has 0 radical (unpaired) electrons. The van der Waals surface area contributed by atoms with Crippen molar-refractivity contribution in [2.24, 2.45) is 4.99 Å². The minimum Gasteiger partial charge on any atom is -0.492 e. The van der Waals surface area contributed by atoms with E-state index < -0.39 is 0 Å². The number of ether oxygens (including phenoxy) is 3. The van der Waals surface area contributed by atoms with Gasteiger partial charge in [0.1, 0.15) is 30.5 Å². The van der Waals surface area contributed by atoms with Crippen LogP contribution in [0.2, 0.25) is 0 Å². The molecular formula is C27H31N7O3. The SMILES string of the molecule is C1=NCN(c2ccc(N3CCOCC3)nc2)c2c1ccnc2-c1cc(OCCN2CCOCC2)ccn1. The summed E-state index contributed by atoms with van der Waals surface area (Å²) in [5, 5.41) is 0. The number of anilines is 3. The first-order valence-corrected chi connectivity index (χ1v) is 12.8. The zero-order valence-electron chi connectivity index (χ0n) is 20.8. The van der Waals surface area contributed by atoms with Crippen LogP contribution in [0.15, 0.2) is 53.9 Å². The lowest BCUT2D eigenvalue weighted by Crippen LogP contribution is -2.38. The van der Waals surface area contributed by atoms with Crippen molar-refractivity contribution in [3.05, 3.63) is 54.5 Å². The van der Waals surface area contributed by atoms with Crippen molar-refractivity contribution in [1.29, 1.82) is 0 Å². The van der Waals surface area contributed by atoms with Gasteiger partial charge in [0.15, 0.2) is 0 Å². The van der Waals surface area contributed by atoms with Crippen LogP contribution in [0.4, 0.5) is 17.2 Å². The van der Waals surface area contributed by atoms with Crippen LogP contribution in [0, 0.1) is 0 Å². The van der Waals surface area contributed by atoms with Crippen molar-refractivity contribution in [2.75, 3.05) is 82.2 Å². The van der Waals surface area contributed by atoms with E-state index in [0.717, 1.165) is 99.0 Å². The second-order valence-corrected chi connectivity index (χ2v) is 9.13. The quantitative estimate of drug-likeness (QED) is 0.485. The van der Waals surface area contributed by atoms with Crippen LogP contribution in [-0.2, 0) is 9.47 Å². The molecule has 2 saturated heterocycles. The Bertz CT molecular complexity index is 1220. The predicted molar refractivity (Wildman–Crippen MR) is 142 cm³/mol. The highest BCUT2D eigenvalue weighted by molar-refractivity contribution is 5.97. The Labute approximate surface area is 216 Å². The third kappa shape index (κ3) is 5.41. The molecule has 3 aromatic rings. The van der Waals surface area contributed by atoms with E-state index in [0.29, 0.717) is 13.3 Å². The van der Waals surface area contributed by atoms with Gasteiger partial charge in [0.2, 0.25) is 0 Å². The van der Waals surface area contributed by atoms with E-state index in [-0.39, 0.29) is 0 Å². The van der Waals surface area contributed by atoms with Gasteiger partial charge < -0.3 is 24.0 Å². The summed E-state index contributed by atoms with van der Waals surface area (Å²) in [6.45, 7) is 8.62. The minimum absolute atomic E-state index is 0.486. The summed E-state index contributed by atoms with van der Waals surface area (Å²) in [5.41, 5.74) is 4.48. The molecule has 0 aromatic carbocycles. The first-order valence-electron chi connectivity index (χ1n) is 12.8. The van der Waals surface area contributed by atoms with E-state index in [2.05, 4.69) is 36.8 Å². The molecule has 10 nitrogen and oxygen atoms in total. The van der Waals surface area contributed by atoms with Gasteiger partial charge in [-0.2, -0.15) is 0 Å². The number of hydrogen-bond acceptors (Lipinski definition) is 10. The summed E-state index contributed by atoms with van der Waals surface area (Å²) >= 11 is 0. The Hall–Kier alpha value is -3.60. The predicted octanol–water partition coefficient (Wildman–Crippen LogP) is 2.61. The number of nitrogens with zero attached hydrogens (tertiary/aromatic N) is 7. The molecule has 0 saturated carbocycles. The van der Waals surface area contributed by atoms with Crippen molar-refractivity contribution >= 4 is 23.4 Å². The Morgan fingerprint density at radius 2 is 1.68 bits per heavy atom. The van der Waals surface area contributed by atoms with E-state index >= 15 is 0 Å². The third-order valence-corrected chi connectivity index (χ3v) is 6.81. The second kappa shape index (κ2) is 11.2. The molecule has 0 bridgehead atoms. The number of morpholine rings is 2. The first kappa shape index (κ1) is 23.8. The molecule has 3 aromatic heterocycles. The molecule has 0 N–H and O–H groups in total. The molecule has 10 heteroatoms. The van der Waals surface area contributed by atoms with Crippen LogP contribution in [0.1, 0.15) is 5.56 Å². The van der Waals surface area contributed by atoms with E-state index in [4.69, 9.17) is 24.2 Å². The number of rotatable bonds is 7. The van der Waals surface area contributed by atoms with Crippen LogP contribution in [0.5, 0.6) is 5.75 Å². The standard InChI is InChI=1S/C27H31N7O3/c1-2-25(33-10-14-36-15-11-33)31-19-22(1)34-20-28-18-21-3-5-30-26(27(21)34)24-17-23(4-6-29-24)37-16-9-32-7-12-35-13-8-32/h1-6,17-19H,7-16,20H2. The monoisotopic (exact) mass is 501 g/mol. The summed E-state index contributed by atoms with van der Waals surface area (Å²) in [6.07, 6.45) is 7.39. The van der Waals surface area contributed by atoms with Crippen molar-refractivity contribution in [2.45, 2.75) is 0 Å². The summed E-state index contributed by atoms with van der Waals surface area (Å²) < 4.78 is 17.0. The van der Waals surface area contributed by atoms with Crippen molar-refractivity contribution in [1.82, 2.24) is 19.9 Å². The van der Waals surface area contributed by atoms with E-state index in [1.165, 1.54) is 0 Å². The van der Waals surface area contributed by atoms with Gasteiger partial charge in [-0.25, -0.2) is 4.98 Å². The van der Waals surface area contributed by atoms with Crippen LogP contribution < -0.4 is 14.5 Å². The average Bonchev–Trinajstić information content (AvgIpc) is 2.98. The third-order valence-electron chi connectivity index (χ3n) is 6.81. The molecule has 0 unspecified atom stereocenters. The largest absolute Gasteiger partial charge is 0.492 e. The minimum atomic E-state index is 0.486. The lowest BCUT2D eigenvalue weighted by atomic mass is 10.1. The number of hydrogen-bond donors (Lipinski definition) is 0. The van der Waals surface area contributed by atoms with Gasteiger partial charge in [0, 0.05) is 63.0 Å². The molecular weight excluding hydrogens is 470 g/mol. The lowest BCUT2D eigenvalue weighted by molar-refractivity contribution is 0.0322. The van der Waals surface area contributed by atoms with Crippen LogP contribution >= 0.6 is 0 Å². The molecule has 37 heavy (non-hydrogen) atoms. The topological polar surface area (TPSA) is 88.4 Å². The van der Waals surface area contributed by atoms with Crippen molar-refractivity contribution < 1.29 is 14.2 Å². The van der Waals surface area contributed by atoms with Gasteiger partial charge in [-0.15, -0.1) is 0 Å². The fourth-order valence-electron chi connectivity index (χ4n) is 4.81. The maximum Gasteiger partial charge on any atom is 0.128 e. The second-order valence-electron chi connectivity index (χ2n) is 9.13.